The molecule has 1 unspecified atom stereocenters. The maximum absolute atomic E-state index is 5.73. The van der Waals surface area contributed by atoms with Crippen LogP contribution in [0.2, 0.25) is 0 Å². The van der Waals surface area contributed by atoms with Gasteiger partial charge in [0.2, 0.25) is 0 Å². The Kier molecular flexibility index (Phi) is 4.38. The Balaban J connectivity index is 2.64. The third-order valence-electron chi connectivity index (χ3n) is 2.45. The van der Waals surface area contributed by atoms with Crippen LogP contribution in [0.5, 0.6) is 0 Å². The first kappa shape index (κ1) is 12.0. The average Bonchev–Trinajstić information content (AvgIpc) is 2.19. The molecule has 0 saturated carbocycles. The van der Waals surface area contributed by atoms with E-state index in [9.17, 15) is 0 Å². The predicted octanol–water partition coefficient (Wildman–Crippen LogP) is 3.54. The van der Waals surface area contributed by atoms with E-state index in [2.05, 4.69) is 66.8 Å². The second-order valence-corrected chi connectivity index (χ2v) is 5.95. The second kappa shape index (κ2) is 5.12. The average molecular weight is 303 g/mol. The number of nitrogens with two attached hydrogens (primary N) is 1. The van der Waals surface area contributed by atoms with Gasteiger partial charge in [0.25, 0.3) is 0 Å². The van der Waals surface area contributed by atoms with E-state index in [4.69, 9.17) is 5.73 Å². The number of hydrogen-bond donors (Lipinski definition) is 1. The molecule has 0 amide bonds. The van der Waals surface area contributed by atoms with Crippen LogP contribution in [0.1, 0.15) is 29.8 Å². The lowest BCUT2D eigenvalue weighted by Crippen LogP contribution is -2.24. The Morgan fingerprint density at radius 2 is 1.86 bits per heavy atom. The molecule has 0 aliphatic heterocycles. The summed E-state index contributed by atoms with van der Waals surface area (Å²) in [6.45, 7) is 5.20. The van der Waals surface area contributed by atoms with Crippen molar-refractivity contribution in [2.75, 3.05) is 6.54 Å². The molecule has 1 aromatic carbocycles. The van der Waals surface area contributed by atoms with Crippen LogP contribution in [0.15, 0.2) is 30.3 Å². The Morgan fingerprint density at radius 3 is 2.36 bits per heavy atom. The third kappa shape index (κ3) is 3.58. The van der Waals surface area contributed by atoms with Gasteiger partial charge in [-0.1, -0.05) is 66.8 Å². The third-order valence-corrected chi connectivity index (χ3v) is 3.61. The van der Waals surface area contributed by atoms with E-state index in [1.54, 1.807) is 0 Å². The lowest BCUT2D eigenvalue weighted by Gasteiger charge is -2.25. The largest absolute Gasteiger partial charge is 0.330 e. The van der Waals surface area contributed by atoms with Crippen molar-refractivity contribution in [3.8, 4) is 0 Å². The molecule has 2 heteroatoms. The van der Waals surface area contributed by atoms with Gasteiger partial charge in [-0.05, 0) is 23.9 Å². The standard InChI is InChI=1S/C12H18IN/c1-12(2,9-14)8-11(13)10-6-4-3-5-7-10/h3-7,11H,8-9,14H2,1-2H3. The first-order valence-electron chi connectivity index (χ1n) is 4.94. The number of hydrogen-bond acceptors (Lipinski definition) is 1. The van der Waals surface area contributed by atoms with Crippen LogP contribution in [0.25, 0.3) is 0 Å². The zero-order chi connectivity index (χ0) is 10.6. The summed E-state index contributed by atoms with van der Waals surface area (Å²) in [6, 6.07) is 10.6. The molecule has 78 valence electrons. The summed E-state index contributed by atoms with van der Waals surface area (Å²) in [5.74, 6) is 0. The minimum Gasteiger partial charge on any atom is -0.330 e. The summed E-state index contributed by atoms with van der Waals surface area (Å²) in [6.07, 6.45) is 1.13. The fraction of sp³-hybridized carbons (Fsp3) is 0.500. The van der Waals surface area contributed by atoms with Crippen molar-refractivity contribution in [2.45, 2.75) is 24.2 Å². The molecule has 0 aromatic heterocycles. The van der Waals surface area contributed by atoms with E-state index in [1.807, 2.05) is 0 Å². The van der Waals surface area contributed by atoms with E-state index < -0.39 is 0 Å². The summed E-state index contributed by atoms with van der Waals surface area (Å²) < 4.78 is 0.562. The van der Waals surface area contributed by atoms with Crippen molar-refractivity contribution < 1.29 is 0 Å². The molecule has 1 rings (SSSR count). The van der Waals surface area contributed by atoms with E-state index in [0.29, 0.717) is 3.92 Å². The van der Waals surface area contributed by atoms with Crippen molar-refractivity contribution in [1.82, 2.24) is 0 Å². The number of benzene rings is 1. The van der Waals surface area contributed by atoms with Gasteiger partial charge in [-0.3, -0.25) is 0 Å². The minimum absolute atomic E-state index is 0.238. The zero-order valence-electron chi connectivity index (χ0n) is 8.83. The first-order valence-corrected chi connectivity index (χ1v) is 6.19. The Labute approximate surface area is 100 Å². The molecule has 2 N–H and O–H groups in total. The smallest absolute Gasteiger partial charge is 0.0365 e. The maximum atomic E-state index is 5.73. The second-order valence-electron chi connectivity index (χ2n) is 4.45. The minimum atomic E-state index is 0.238. The summed E-state index contributed by atoms with van der Waals surface area (Å²) in [5.41, 5.74) is 7.36. The number of alkyl halides is 1. The molecular formula is C12H18IN. The highest BCUT2D eigenvalue weighted by molar-refractivity contribution is 14.1. The normalized spacial score (nSPS) is 14.0. The summed E-state index contributed by atoms with van der Waals surface area (Å²) in [4.78, 5) is 0. The molecule has 0 spiro atoms. The Hall–Kier alpha value is -0.0900. The Bertz CT molecular complexity index is 269. The monoisotopic (exact) mass is 303 g/mol. The molecule has 1 atom stereocenters. The SMILES string of the molecule is CC(C)(CN)CC(I)c1ccccc1. The van der Waals surface area contributed by atoms with Gasteiger partial charge in [-0.15, -0.1) is 0 Å². The molecular weight excluding hydrogens is 285 g/mol. The van der Waals surface area contributed by atoms with Gasteiger partial charge >= 0.3 is 0 Å². The fourth-order valence-corrected chi connectivity index (χ4v) is 2.96. The maximum Gasteiger partial charge on any atom is 0.0365 e. The summed E-state index contributed by atoms with van der Waals surface area (Å²) in [5, 5.41) is 0. The number of halogens is 1. The lowest BCUT2D eigenvalue weighted by molar-refractivity contribution is 0.349. The lowest BCUT2D eigenvalue weighted by atomic mass is 9.86. The fourth-order valence-electron chi connectivity index (χ4n) is 1.35. The van der Waals surface area contributed by atoms with Crippen LogP contribution in [0.3, 0.4) is 0 Å². The van der Waals surface area contributed by atoms with Gasteiger partial charge in [-0.2, -0.15) is 0 Å². The van der Waals surface area contributed by atoms with Crippen molar-refractivity contribution in [3.05, 3.63) is 35.9 Å². The molecule has 0 heterocycles. The van der Waals surface area contributed by atoms with E-state index in [0.717, 1.165) is 13.0 Å². The Morgan fingerprint density at radius 1 is 1.29 bits per heavy atom. The van der Waals surface area contributed by atoms with Crippen LogP contribution in [0.4, 0.5) is 0 Å². The van der Waals surface area contributed by atoms with Crippen LogP contribution >= 0.6 is 22.6 Å². The van der Waals surface area contributed by atoms with Crippen LogP contribution in [0, 0.1) is 5.41 Å². The molecule has 14 heavy (non-hydrogen) atoms. The van der Waals surface area contributed by atoms with Crippen molar-refractivity contribution in [3.63, 3.8) is 0 Å². The molecule has 0 bridgehead atoms. The molecule has 0 aliphatic rings. The number of rotatable bonds is 4. The van der Waals surface area contributed by atoms with Crippen LogP contribution in [-0.2, 0) is 0 Å². The van der Waals surface area contributed by atoms with Gasteiger partial charge in [0.1, 0.15) is 0 Å². The van der Waals surface area contributed by atoms with E-state index >= 15 is 0 Å². The molecule has 0 aliphatic carbocycles. The highest BCUT2D eigenvalue weighted by atomic mass is 127. The van der Waals surface area contributed by atoms with Gasteiger partial charge in [0.15, 0.2) is 0 Å². The van der Waals surface area contributed by atoms with Gasteiger partial charge in [-0.25, -0.2) is 0 Å². The highest BCUT2D eigenvalue weighted by Crippen LogP contribution is 2.35. The van der Waals surface area contributed by atoms with E-state index in [1.165, 1.54) is 5.56 Å². The quantitative estimate of drug-likeness (QED) is 0.668. The molecule has 0 saturated heterocycles. The van der Waals surface area contributed by atoms with Gasteiger partial charge in [0.05, 0.1) is 0 Å². The molecule has 0 radical (unpaired) electrons. The molecule has 1 aromatic rings. The summed E-state index contributed by atoms with van der Waals surface area (Å²) in [7, 11) is 0. The van der Waals surface area contributed by atoms with Crippen LogP contribution < -0.4 is 5.73 Å². The van der Waals surface area contributed by atoms with Crippen LogP contribution in [-0.4, -0.2) is 6.54 Å². The zero-order valence-corrected chi connectivity index (χ0v) is 11.0. The van der Waals surface area contributed by atoms with E-state index in [-0.39, 0.29) is 5.41 Å². The summed E-state index contributed by atoms with van der Waals surface area (Å²) >= 11 is 2.50. The van der Waals surface area contributed by atoms with Gasteiger partial charge < -0.3 is 5.73 Å². The topological polar surface area (TPSA) is 26.0 Å². The van der Waals surface area contributed by atoms with Crippen molar-refractivity contribution >= 4 is 22.6 Å². The highest BCUT2D eigenvalue weighted by Gasteiger charge is 2.20. The molecule has 0 fully saturated rings. The van der Waals surface area contributed by atoms with Crippen molar-refractivity contribution in [2.24, 2.45) is 11.1 Å². The predicted molar refractivity (Wildman–Crippen MR) is 70.7 cm³/mol. The van der Waals surface area contributed by atoms with Gasteiger partial charge in [0, 0.05) is 3.92 Å². The molecule has 1 nitrogen and oxygen atoms in total. The first-order chi connectivity index (χ1) is 6.55. The van der Waals surface area contributed by atoms with Crippen molar-refractivity contribution in [1.29, 1.82) is 0 Å².